The van der Waals surface area contributed by atoms with Gasteiger partial charge in [-0.3, -0.25) is 4.79 Å². The molecule has 1 rings (SSSR count). The van der Waals surface area contributed by atoms with Gasteiger partial charge in [0.1, 0.15) is 0 Å². The summed E-state index contributed by atoms with van der Waals surface area (Å²) in [6, 6.07) is 8.64. The molecule has 96 valence electrons. The van der Waals surface area contributed by atoms with Gasteiger partial charge in [0.05, 0.1) is 18.2 Å². The maximum absolute atomic E-state index is 11.7. The molecule has 0 aliphatic carbocycles. The second-order valence-corrected chi connectivity index (χ2v) is 3.69. The first-order valence-corrected chi connectivity index (χ1v) is 5.76. The molecule has 0 saturated carbocycles. The number of rotatable bonds is 7. The van der Waals surface area contributed by atoms with Crippen LogP contribution in [0.5, 0.6) is 0 Å². The molecule has 5 nitrogen and oxygen atoms in total. The second-order valence-electron chi connectivity index (χ2n) is 3.69. The molecule has 0 heterocycles. The van der Waals surface area contributed by atoms with E-state index in [-0.39, 0.29) is 5.91 Å². The maximum atomic E-state index is 11.7. The van der Waals surface area contributed by atoms with Crippen LogP contribution in [0.15, 0.2) is 24.3 Å². The highest BCUT2D eigenvalue weighted by Crippen LogP contribution is 2.03. The minimum absolute atomic E-state index is 0.166. The Kier molecular flexibility index (Phi) is 6.47. The van der Waals surface area contributed by atoms with Crippen LogP contribution < -0.4 is 10.6 Å². The first-order chi connectivity index (χ1) is 8.77. The molecule has 1 amide bonds. The van der Waals surface area contributed by atoms with E-state index in [1.54, 1.807) is 31.4 Å². The number of ether oxygens (including phenoxy) is 1. The first-order valence-electron chi connectivity index (χ1n) is 5.76. The average Bonchev–Trinajstić information content (AvgIpc) is 2.42. The van der Waals surface area contributed by atoms with Crippen molar-refractivity contribution in [1.29, 1.82) is 5.26 Å². The highest BCUT2D eigenvalue weighted by atomic mass is 16.5. The summed E-state index contributed by atoms with van der Waals surface area (Å²) in [5.74, 6) is -0.166. The molecule has 0 fully saturated rings. The van der Waals surface area contributed by atoms with Crippen LogP contribution in [0.25, 0.3) is 0 Å². The topological polar surface area (TPSA) is 74.2 Å². The third-order valence-electron chi connectivity index (χ3n) is 2.32. The number of carbonyl (C=O) groups is 1. The Balaban J connectivity index is 2.30. The Morgan fingerprint density at radius 2 is 2.22 bits per heavy atom. The monoisotopic (exact) mass is 247 g/mol. The fraction of sp³-hybridized carbons (Fsp3) is 0.385. The van der Waals surface area contributed by atoms with Crippen molar-refractivity contribution in [2.24, 2.45) is 0 Å². The third kappa shape index (κ3) is 4.95. The van der Waals surface area contributed by atoms with Gasteiger partial charge >= 0.3 is 0 Å². The van der Waals surface area contributed by atoms with E-state index >= 15 is 0 Å². The number of nitrogens with one attached hydrogen (secondary N) is 2. The summed E-state index contributed by atoms with van der Waals surface area (Å²) in [6.45, 7) is 2.64. The lowest BCUT2D eigenvalue weighted by Gasteiger charge is -2.06. The van der Waals surface area contributed by atoms with Crippen molar-refractivity contribution in [3.8, 4) is 6.07 Å². The minimum Gasteiger partial charge on any atom is -0.383 e. The van der Waals surface area contributed by atoms with E-state index in [0.717, 1.165) is 6.54 Å². The second kappa shape index (κ2) is 8.23. The molecule has 0 aromatic heterocycles. The van der Waals surface area contributed by atoms with Crippen LogP contribution in [-0.4, -0.2) is 39.3 Å². The summed E-state index contributed by atoms with van der Waals surface area (Å²) in [5.41, 5.74) is 0.992. The maximum Gasteiger partial charge on any atom is 0.251 e. The zero-order valence-electron chi connectivity index (χ0n) is 10.4. The Labute approximate surface area is 107 Å². The summed E-state index contributed by atoms with van der Waals surface area (Å²) in [5, 5.41) is 14.6. The normalized spacial score (nSPS) is 9.78. The van der Waals surface area contributed by atoms with E-state index in [9.17, 15) is 4.79 Å². The van der Waals surface area contributed by atoms with Gasteiger partial charge in [0, 0.05) is 32.3 Å². The zero-order chi connectivity index (χ0) is 13.2. The molecule has 0 unspecified atom stereocenters. The number of nitrogens with zero attached hydrogens (tertiary/aromatic N) is 1. The van der Waals surface area contributed by atoms with Crippen LogP contribution in [-0.2, 0) is 4.74 Å². The van der Waals surface area contributed by atoms with E-state index in [4.69, 9.17) is 10.00 Å². The lowest BCUT2D eigenvalue weighted by atomic mass is 10.1. The Bertz CT molecular complexity index is 426. The molecule has 0 saturated heterocycles. The molecule has 0 atom stereocenters. The molecule has 18 heavy (non-hydrogen) atoms. The number of nitriles is 1. The molecule has 1 aromatic carbocycles. The predicted octanol–water partition coefficient (Wildman–Crippen LogP) is 0.524. The van der Waals surface area contributed by atoms with E-state index in [1.807, 2.05) is 6.07 Å². The van der Waals surface area contributed by atoms with Gasteiger partial charge in [-0.15, -0.1) is 0 Å². The standard InChI is InChI=1S/C13H17N3O2/c1-18-8-7-15-5-6-16-13(17)12-4-2-3-11(9-12)10-14/h2-4,9,15H,5-8H2,1H3,(H,16,17). The van der Waals surface area contributed by atoms with E-state index in [2.05, 4.69) is 10.6 Å². The van der Waals surface area contributed by atoms with Gasteiger partial charge in [-0.25, -0.2) is 0 Å². The first kappa shape index (κ1) is 14.2. The van der Waals surface area contributed by atoms with Crippen molar-refractivity contribution in [2.45, 2.75) is 0 Å². The third-order valence-corrected chi connectivity index (χ3v) is 2.32. The fourth-order valence-electron chi connectivity index (χ4n) is 1.40. The smallest absolute Gasteiger partial charge is 0.251 e. The van der Waals surface area contributed by atoms with Crippen molar-refractivity contribution in [3.63, 3.8) is 0 Å². The zero-order valence-corrected chi connectivity index (χ0v) is 10.4. The lowest BCUT2D eigenvalue weighted by molar-refractivity contribution is 0.0953. The highest BCUT2D eigenvalue weighted by molar-refractivity contribution is 5.94. The minimum atomic E-state index is -0.166. The van der Waals surface area contributed by atoms with Crippen molar-refractivity contribution >= 4 is 5.91 Å². The summed E-state index contributed by atoms with van der Waals surface area (Å²) >= 11 is 0. The quantitative estimate of drug-likeness (QED) is 0.689. The van der Waals surface area contributed by atoms with Gasteiger partial charge < -0.3 is 15.4 Å². The molecule has 0 aliphatic heterocycles. The van der Waals surface area contributed by atoms with Gasteiger partial charge in [-0.1, -0.05) is 6.07 Å². The number of carbonyl (C=O) groups excluding carboxylic acids is 1. The average molecular weight is 247 g/mol. The van der Waals surface area contributed by atoms with Crippen molar-refractivity contribution in [2.75, 3.05) is 33.4 Å². The summed E-state index contributed by atoms with van der Waals surface area (Å²) in [4.78, 5) is 11.7. The number of amides is 1. The van der Waals surface area contributed by atoms with E-state index in [0.29, 0.717) is 30.8 Å². The Hall–Kier alpha value is -1.90. The van der Waals surface area contributed by atoms with Crippen LogP contribution in [0.2, 0.25) is 0 Å². The van der Waals surface area contributed by atoms with Crippen LogP contribution in [0, 0.1) is 11.3 Å². The molecular formula is C13H17N3O2. The molecule has 0 aliphatic rings. The van der Waals surface area contributed by atoms with E-state index in [1.165, 1.54) is 0 Å². The van der Waals surface area contributed by atoms with Crippen molar-refractivity contribution in [3.05, 3.63) is 35.4 Å². The van der Waals surface area contributed by atoms with Crippen molar-refractivity contribution < 1.29 is 9.53 Å². The summed E-state index contributed by atoms with van der Waals surface area (Å²) in [6.07, 6.45) is 0. The van der Waals surface area contributed by atoms with Gasteiger partial charge in [0.15, 0.2) is 0 Å². The fourth-order valence-corrected chi connectivity index (χ4v) is 1.40. The number of hydrogen-bond donors (Lipinski definition) is 2. The molecule has 0 bridgehead atoms. The van der Waals surface area contributed by atoms with Gasteiger partial charge in [0.2, 0.25) is 0 Å². The van der Waals surface area contributed by atoms with Gasteiger partial charge in [-0.05, 0) is 18.2 Å². The predicted molar refractivity (Wildman–Crippen MR) is 68.2 cm³/mol. The van der Waals surface area contributed by atoms with Crippen molar-refractivity contribution in [1.82, 2.24) is 10.6 Å². The SMILES string of the molecule is COCCNCCNC(=O)c1cccc(C#N)c1. The Morgan fingerprint density at radius 1 is 1.39 bits per heavy atom. The van der Waals surface area contributed by atoms with Crippen LogP contribution in [0.1, 0.15) is 15.9 Å². The van der Waals surface area contributed by atoms with Crippen LogP contribution in [0.3, 0.4) is 0 Å². The number of benzene rings is 1. The van der Waals surface area contributed by atoms with Crippen LogP contribution >= 0.6 is 0 Å². The lowest BCUT2D eigenvalue weighted by Crippen LogP contribution is -2.33. The Morgan fingerprint density at radius 3 is 2.94 bits per heavy atom. The summed E-state index contributed by atoms with van der Waals surface area (Å²) < 4.78 is 4.88. The molecule has 0 radical (unpaired) electrons. The molecule has 1 aromatic rings. The summed E-state index contributed by atoms with van der Waals surface area (Å²) in [7, 11) is 1.64. The highest BCUT2D eigenvalue weighted by Gasteiger charge is 2.04. The molecule has 0 spiro atoms. The molecular weight excluding hydrogens is 230 g/mol. The van der Waals surface area contributed by atoms with Gasteiger partial charge in [-0.2, -0.15) is 5.26 Å². The number of hydrogen-bond acceptors (Lipinski definition) is 4. The van der Waals surface area contributed by atoms with Gasteiger partial charge in [0.25, 0.3) is 5.91 Å². The molecule has 2 N–H and O–H groups in total. The van der Waals surface area contributed by atoms with E-state index < -0.39 is 0 Å². The number of methoxy groups -OCH3 is 1. The molecule has 5 heteroatoms. The van der Waals surface area contributed by atoms with Crippen LogP contribution in [0.4, 0.5) is 0 Å². The largest absolute Gasteiger partial charge is 0.383 e.